The number of halogens is 1. The largest absolute Gasteiger partial charge is 0.434 e. The van der Waals surface area contributed by atoms with E-state index in [0.29, 0.717) is 39.0 Å². The van der Waals surface area contributed by atoms with Crippen LogP contribution in [0.3, 0.4) is 0 Å². The molecule has 6 heteroatoms. The molecule has 2 aromatic carbocycles. The van der Waals surface area contributed by atoms with Crippen molar-refractivity contribution < 1.29 is 9.21 Å². The summed E-state index contributed by atoms with van der Waals surface area (Å²) >= 11 is 5.86. The number of carbonyl (C=O) groups excluding carboxylic acids is 1. The molecule has 0 atom stereocenters. The van der Waals surface area contributed by atoms with Gasteiger partial charge in [0.15, 0.2) is 11.2 Å². The lowest BCUT2D eigenvalue weighted by atomic mass is 10.1. The smallest absolute Gasteiger partial charge is 0.255 e. The third-order valence-corrected chi connectivity index (χ3v) is 3.93. The third-order valence-electron chi connectivity index (χ3n) is 3.68. The van der Waals surface area contributed by atoms with E-state index in [9.17, 15) is 4.79 Å². The normalized spacial score (nSPS) is 10.8. The molecule has 0 spiro atoms. The average molecular weight is 350 g/mol. The molecule has 2 heterocycles. The average Bonchev–Trinajstić information content (AvgIpc) is 3.06. The Morgan fingerprint density at radius 3 is 2.60 bits per heavy atom. The second-order valence-corrected chi connectivity index (χ2v) is 5.79. The van der Waals surface area contributed by atoms with E-state index < -0.39 is 0 Å². The van der Waals surface area contributed by atoms with Crippen LogP contribution >= 0.6 is 11.6 Å². The summed E-state index contributed by atoms with van der Waals surface area (Å²) in [5.74, 6) is 0.166. The maximum Gasteiger partial charge on any atom is 0.255 e. The van der Waals surface area contributed by atoms with Crippen LogP contribution in [0, 0.1) is 0 Å². The van der Waals surface area contributed by atoms with Crippen molar-refractivity contribution in [2.75, 3.05) is 5.32 Å². The highest BCUT2D eigenvalue weighted by Crippen LogP contribution is 2.29. The fraction of sp³-hybridized carbons (Fsp3) is 0. The van der Waals surface area contributed by atoms with Crippen molar-refractivity contribution in [3.05, 3.63) is 77.4 Å². The molecule has 4 rings (SSSR count). The summed E-state index contributed by atoms with van der Waals surface area (Å²) in [7, 11) is 0. The number of fused-ring (bicyclic) bond motifs is 1. The Kier molecular flexibility index (Phi) is 3.91. The molecule has 0 radical (unpaired) electrons. The van der Waals surface area contributed by atoms with Gasteiger partial charge in [0.25, 0.3) is 5.91 Å². The highest BCUT2D eigenvalue weighted by atomic mass is 35.5. The molecule has 25 heavy (non-hydrogen) atoms. The summed E-state index contributed by atoms with van der Waals surface area (Å²) in [4.78, 5) is 21.0. The number of carbonyl (C=O) groups is 1. The van der Waals surface area contributed by atoms with Crippen LogP contribution in [0.25, 0.3) is 22.7 Å². The number of rotatable bonds is 3. The molecule has 0 aliphatic carbocycles. The van der Waals surface area contributed by atoms with Crippen LogP contribution in [0.4, 0.5) is 5.69 Å². The van der Waals surface area contributed by atoms with Crippen LogP contribution in [0.1, 0.15) is 10.4 Å². The highest BCUT2D eigenvalue weighted by molar-refractivity contribution is 6.30. The van der Waals surface area contributed by atoms with Gasteiger partial charge in [-0.1, -0.05) is 23.7 Å². The third kappa shape index (κ3) is 3.09. The van der Waals surface area contributed by atoms with Crippen LogP contribution < -0.4 is 5.32 Å². The Labute approximate surface area is 148 Å². The number of nitrogens with one attached hydrogen (secondary N) is 1. The van der Waals surface area contributed by atoms with Gasteiger partial charge in [0, 0.05) is 16.8 Å². The standard InChI is InChI=1S/C19H12ClN3O2/c20-13-9-7-12(8-10-13)18(24)22-15-5-2-1-4-14(15)19-23-17-16(25-19)6-3-11-21-17/h1-11H,(H,22,24). The summed E-state index contributed by atoms with van der Waals surface area (Å²) < 4.78 is 5.76. The van der Waals surface area contributed by atoms with Gasteiger partial charge in [-0.25, -0.2) is 4.98 Å². The van der Waals surface area contributed by atoms with Gasteiger partial charge in [0.05, 0.1) is 11.3 Å². The van der Waals surface area contributed by atoms with E-state index in [0.717, 1.165) is 0 Å². The number of nitrogens with zero attached hydrogens (tertiary/aromatic N) is 2. The Hall–Kier alpha value is -3.18. The van der Waals surface area contributed by atoms with Crippen molar-refractivity contribution in [2.24, 2.45) is 0 Å². The molecule has 5 nitrogen and oxygen atoms in total. The number of oxazole rings is 1. The summed E-state index contributed by atoms with van der Waals surface area (Å²) in [6, 6.07) is 17.6. The second-order valence-electron chi connectivity index (χ2n) is 5.35. The molecule has 0 saturated heterocycles. The molecular formula is C19H12ClN3O2. The first-order valence-electron chi connectivity index (χ1n) is 7.58. The van der Waals surface area contributed by atoms with Crippen molar-refractivity contribution in [1.29, 1.82) is 0 Å². The van der Waals surface area contributed by atoms with Crippen molar-refractivity contribution >= 4 is 34.4 Å². The number of para-hydroxylation sites is 1. The van der Waals surface area contributed by atoms with Crippen LogP contribution in [0.2, 0.25) is 5.02 Å². The van der Waals surface area contributed by atoms with Crippen LogP contribution in [0.15, 0.2) is 71.3 Å². The van der Waals surface area contributed by atoms with Crippen molar-refractivity contribution in [1.82, 2.24) is 9.97 Å². The Bertz CT molecular complexity index is 1020. The lowest BCUT2D eigenvalue weighted by Gasteiger charge is -2.09. The van der Waals surface area contributed by atoms with Crippen LogP contribution in [0.5, 0.6) is 0 Å². The molecular weight excluding hydrogens is 338 g/mol. The van der Waals surface area contributed by atoms with Crippen molar-refractivity contribution in [3.8, 4) is 11.5 Å². The predicted molar refractivity (Wildman–Crippen MR) is 96.6 cm³/mol. The van der Waals surface area contributed by atoms with E-state index in [1.165, 1.54) is 0 Å². The lowest BCUT2D eigenvalue weighted by molar-refractivity contribution is 0.102. The minimum atomic E-state index is -0.238. The molecule has 4 aromatic rings. The number of aromatic nitrogens is 2. The first-order chi connectivity index (χ1) is 12.2. The van der Waals surface area contributed by atoms with Crippen LogP contribution in [-0.2, 0) is 0 Å². The quantitative estimate of drug-likeness (QED) is 0.577. The number of benzene rings is 2. The van der Waals surface area contributed by atoms with Gasteiger partial charge in [0.2, 0.25) is 5.89 Å². The molecule has 1 amide bonds. The first-order valence-corrected chi connectivity index (χ1v) is 7.96. The minimum Gasteiger partial charge on any atom is -0.434 e. The van der Waals surface area contributed by atoms with Crippen LogP contribution in [-0.4, -0.2) is 15.9 Å². The predicted octanol–water partition coefficient (Wildman–Crippen LogP) is 4.80. The fourth-order valence-corrected chi connectivity index (χ4v) is 2.58. The molecule has 0 aliphatic rings. The van der Waals surface area contributed by atoms with Gasteiger partial charge in [-0.15, -0.1) is 0 Å². The topological polar surface area (TPSA) is 68.0 Å². The van der Waals surface area contributed by atoms with E-state index in [1.54, 1.807) is 48.7 Å². The van der Waals surface area contributed by atoms with Crippen molar-refractivity contribution in [2.45, 2.75) is 0 Å². The molecule has 0 bridgehead atoms. The number of amides is 1. The molecule has 0 unspecified atom stereocenters. The molecule has 0 aliphatic heterocycles. The summed E-state index contributed by atoms with van der Waals surface area (Å²) in [6.07, 6.45) is 1.66. The fourth-order valence-electron chi connectivity index (χ4n) is 2.46. The maximum absolute atomic E-state index is 12.5. The number of hydrogen-bond acceptors (Lipinski definition) is 4. The van der Waals surface area contributed by atoms with Gasteiger partial charge in [-0.05, 0) is 48.5 Å². The highest BCUT2D eigenvalue weighted by Gasteiger charge is 2.15. The van der Waals surface area contributed by atoms with E-state index in [1.807, 2.05) is 18.2 Å². The summed E-state index contributed by atoms with van der Waals surface area (Å²) in [5, 5.41) is 3.47. The maximum atomic E-state index is 12.5. The zero-order valence-electron chi connectivity index (χ0n) is 12.9. The van der Waals surface area contributed by atoms with E-state index in [2.05, 4.69) is 15.3 Å². The van der Waals surface area contributed by atoms with Gasteiger partial charge in [-0.3, -0.25) is 4.79 Å². The van der Waals surface area contributed by atoms with Gasteiger partial charge in [0.1, 0.15) is 0 Å². The molecule has 0 fully saturated rings. The molecule has 2 aromatic heterocycles. The van der Waals surface area contributed by atoms with E-state index in [4.69, 9.17) is 16.0 Å². The van der Waals surface area contributed by atoms with E-state index >= 15 is 0 Å². The SMILES string of the molecule is O=C(Nc1ccccc1-c1nc2ncccc2o1)c1ccc(Cl)cc1. The number of anilines is 1. The molecule has 122 valence electrons. The zero-order valence-corrected chi connectivity index (χ0v) is 13.7. The van der Waals surface area contributed by atoms with Gasteiger partial charge >= 0.3 is 0 Å². The Morgan fingerprint density at radius 1 is 1.00 bits per heavy atom. The van der Waals surface area contributed by atoms with Gasteiger partial charge < -0.3 is 9.73 Å². The summed E-state index contributed by atoms with van der Waals surface area (Å²) in [6.45, 7) is 0. The van der Waals surface area contributed by atoms with E-state index in [-0.39, 0.29) is 5.91 Å². The first kappa shape index (κ1) is 15.4. The second kappa shape index (κ2) is 6.37. The number of pyridine rings is 1. The lowest BCUT2D eigenvalue weighted by Crippen LogP contribution is -2.12. The molecule has 0 saturated carbocycles. The van der Waals surface area contributed by atoms with Gasteiger partial charge in [-0.2, -0.15) is 4.98 Å². The zero-order chi connectivity index (χ0) is 17.2. The Balaban J connectivity index is 1.69. The summed E-state index contributed by atoms with van der Waals surface area (Å²) in [5.41, 5.74) is 2.92. The Morgan fingerprint density at radius 2 is 1.80 bits per heavy atom. The van der Waals surface area contributed by atoms with Crippen molar-refractivity contribution in [3.63, 3.8) is 0 Å². The monoisotopic (exact) mass is 349 g/mol. The number of hydrogen-bond donors (Lipinski definition) is 1. The molecule has 1 N–H and O–H groups in total. The minimum absolute atomic E-state index is 0.238.